The largest absolute Gasteiger partial charge is 0.465 e. The van der Waals surface area contributed by atoms with E-state index < -0.39 is 31.7 Å². The second-order valence-corrected chi connectivity index (χ2v) is 11.6. The normalized spacial score (nSPS) is 15.5. The minimum atomic E-state index is -4.10. The second kappa shape index (κ2) is 9.27. The van der Waals surface area contributed by atoms with E-state index in [2.05, 4.69) is 0 Å². The fraction of sp³-hybridized carbons (Fsp3) is 0.429. The van der Waals surface area contributed by atoms with Gasteiger partial charge >= 0.3 is 5.97 Å². The second-order valence-electron chi connectivity index (χ2n) is 7.51. The fourth-order valence-corrected chi connectivity index (χ4v) is 6.69. The van der Waals surface area contributed by atoms with Crippen LogP contribution >= 0.6 is 0 Å². The standard InChI is InChI=1S/C21H26N2O8S2/c1-5-32(26,27)17-9-7-6-8-16(17)20(24)22-10-12-23(13-11-22)33(28,29)19-15(3)31-14(2)18(19)21(25)30-4/h6-9H,5,10-13H2,1-4H3. The van der Waals surface area contributed by atoms with Crippen LogP contribution in [0.5, 0.6) is 0 Å². The molecule has 0 N–H and O–H groups in total. The van der Waals surface area contributed by atoms with E-state index in [-0.39, 0.29) is 64.4 Å². The number of aryl methyl sites for hydroxylation is 2. The van der Waals surface area contributed by atoms with Crippen molar-refractivity contribution >= 4 is 31.7 Å². The zero-order chi connectivity index (χ0) is 24.6. The Morgan fingerprint density at radius 3 is 2.18 bits per heavy atom. The van der Waals surface area contributed by atoms with Gasteiger partial charge in [-0.25, -0.2) is 21.6 Å². The molecule has 0 atom stereocenters. The lowest BCUT2D eigenvalue weighted by Crippen LogP contribution is -2.50. The number of sulfonamides is 1. The Bertz CT molecular complexity index is 1290. The van der Waals surface area contributed by atoms with E-state index in [1.807, 2.05) is 0 Å². The summed E-state index contributed by atoms with van der Waals surface area (Å²) in [4.78, 5) is 26.4. The van der Waals surface area contributed by atoms with Crippen LogP contribution in [0.3, 0.4) is 0 Å². The van der Waals surface area contributed by atoms with Crippen molar-refractivity contribution in [2.45, 2.75) is 30.6 Å². The maximum atomic E-state index is 13.3. The van der Waals surface area contributed by atoms with E-state index in [1.54, 1.807) is 12.1 Å². The molecule has 0 radical (unpaired) electrons. The summed E-state index contributed by atoms with van der Waals surface area (Å²) in [6.07, 6.45) is 0. The number of benzene rings is 1. The first kappa shape index (κ1) is 24.9. The Labute approximate surface area is 193 Å². The predicted molar refractivity (Wildman–Crippen MR) is 118 cm³/mol. The molecule has 1 saturated heterocycles. The van der Waals surface area contributed by atoms with Crippen LogP contribution in [-0.4, -0.2) is 77.0 Å². The highest BCUT2D eigenvalue weighted by Gasteiger charge is 2.38. The third kappa shape index (κ3) is 4.55. The van der Waals surface area contributed by atoms with Crippen LogP contribution in [0.25, 0.3) is 0 Å². The van der Waals surface area contributed by atoms with Crippen molar-refractivity contribution in [3.05, 3.63) is 46.9 Å². The van der Waals surface area contributed by atoms with E-state index in [1.165, 1.54) is 42.1 Å². The molecular formula is C21H26N2O8S2. The molecule has 0 saturated carbocycles. The number of esters is 1. The third-order valence-corrected chi connectivity index (χ3v) is 9.39. The first-order valence-corrected chi connectivity index (χ1v) is 13.3. The smallest absolute Gasteiger partial charge is 0.342 e. The van der Waals surface area contributed by atoms with Crippen molar-refractivity contribution in [3.8, 4) is 0 Å². The molecular weight excluding hydrogens is 472 g/mol. The number of furan rings is 1. The summed E-state index contributed by atoms with van der Waals surface area (Å²) in [5, 5.41) is 0. The summed E-state index contributed by atoms with van der Waals surface area (Å²) in [5.74, 6) is -1.23. The van der Waals surface area contributed by atoms with Crippen LogP contribution in [-0.2, 0) is 24.6 Å². The van der Waals surface area contributed by atoms with Gasteiger partial charge < -0.3 is 14.1 Å². The summed E-state index contributed by atoms with van der Waals surface area (Å²) in [6.45, 7) is 4.50. The summed E-state index contributed by atoms with van der Waals surface area (Å²) in [7, 11) is -6.56. The SMILES string of the molecule is CCS(=O)(=O)c1ccccc1C(=O)N1CCN(S(=O)(=O)c2c(C)oc(C)c2C(=O)OC)CC1. The molecule has 1 aliphatic heterocycles. The lowest BCUT2D eigenvalue weighted by atomic mass is 10.2. The van der Waals surface area contributed by atoms with Crippen molar-refractivity contribution < 1.29 is 35.6 Å². The minimum Gasteiger partial charge on any atom is -0.465 e. The van der Waals surface area contributed by atoms with Crippen molar-refractivity contribution in [2.24, 2.45) is 0 Å². The Balaban J connectivity index is 1.85. The number of piperazine rings is 1. The average molecular weight is 499 g/mol. The topological polar surface area (TPSA) is 131 Å². The van der Waals surface area contributed by atoms with Crippen molar-refractivity contribution in [3.63, 3.8) is 0 Å². The summed E-state index contributed by atoms with van der Waals surface area (Å²) < 4.78 is 62.7. The highest BCUT2D eigenvalue weighted by molar-refractivity contribution is 7.91. The number of nitrogens with zero attached hydrogens (tertiary/aromatic N) is 2. The van der Waals surface area contributed by atoms with Crippen LogP contribution < -0.4 is 0 Å². The summed E-state index contributed by atoms with van der Waals surface area (Å²) in [5.41, 5.74) is -0.0860. The number of carbonyl (C=O) groups excluding carboxylic acids is 2. The molecule has 2 aromatic rings. The number of hydrogen-bond donors (Lipinski definition) is 0. The van der Waals surface area contributed by atoms with E-state index in [0.29, 0.717) is 0 Å². The summed E-state index contributed by atoms with van der Waals surface area (Å²) >= 11 is 0. The van der Waals surface area contributed by atoms with Gasteiger partial charge in [-0.3, -0.25) is 4.79 Å². The zero-order valence-corrected chi connectivity index (χ0v) is 20.5. The Kier molecular flexibility index (Phi) is 7.01. The maximum Gasteiger partial charge on any atom is 0.342 e. The number of carbonyl (C=O) groups is 2. The Hall–Kier alpha value is -2.70. The molecule has 180 valence electrons. The first-order chi connectivity index (χ1) is 15.5. The van der Waals surface area contributed by atoms with Crippen molar-refractivity contribution in [1.29, 1.82) is 0 Å². The molecule has 12 heteroatoms. The Morgan fingerprint density at radius 2 is 1.61 bits per heavy atom. The molecule has 1 aromatic carbocycles. The molecule has 0 aliphatic carbocycles. The minimum absolute atomic E-state index is 0.0267. The quantitative estimate of drug-likeness (QED) is 0.549. The number of ether oxygens (including phenoxy) is 1. The zero-order valence-electron chi connectivity index (χ0n) is 18.8. The highest BCUT2D eigenvalue weighted by Crippen LogP contribution is 2.30. The van der Waals surface area contributed by atoms with E-state index in [9.17, 15) is 26.4 Å². The van der Waals surface area contributed by atoms with E-state index in [4.69, 9.17) is 9.15 Å². The maximum absolute atomic E-state index is 13.3. The number of methoxy groups -OCH3 is 1. The van der Waals surface area contributed by atoms with Gasteiger partial charge in [-0.2, -0.15) is 4.31 Å². The van der Waals surface area contributed by atoms with Gasteiger partial charge in [0, 0.05) is 26.2 Å². The lowest BCUT2D eigenvalue weighted by Gasteiger charge is -2.34. The third-order valence-electron chi connectivity index (χ3n) is 5.55. The molecule has 10 nitrogen and oxygen atoms in total. The van der Waals surface area contributed by atoms with Gasteiger partial charge in [0.15, 0.2) is 9.84 Å². The molecule has 1 amide bonds. The molecule has 0 unspecified atom stereocenters. The Morgan fingerprint density at radius 1 is 1.00 bits per heavy atom. The molecule has 0 bridgehead atoms. The van der Waals surface area contributed by atoms with Crippen LogP contribution in [0.2, 0.25) is 0 Å². The molecule has 1 aliphatic rings. The average Bonchev–Trinajstić information content (AvgIpc) is 3.12. The van der Waals surface area contributed by atoms with Gasteiger partial charge in [-0.05, 0) is 26.0 Å². The first-order valence-electron chi connectivity index (χ1n) is 10.2. The molecule has 1 fully saturated rings. The van der Waals surface area contributed by atoms with Gasteiger partial charge in [0.2, 0.25) is 10.0 Å². The predicted octanol–water partition coefficient (Wildman–Crippen LogP) is 1.62. The van der Waals surface area contributed by atoms with Crippen LogP contribution in [0.15, 0.2) is 38.5 Å². The van der Waals surface area contributed by atoms with E-state index >= 15 is 0 Å². The highest BCUT2D eigenvalue weighted by atomic mass is 32.2. The van der Waals surface area contributed by atoms with Crippen LogP contribution in [0, 0.1) is 13.8 Å². The van der Waals surface area contributed by atoms with Gasteiger partial charge in [-0.1, -0.05) is 19.1 Å². The van der Waals surface area contributed by atoms with Crippen LogP contribution in [0.1, 0.15) is 39.2 Å². The van der Waals surface area contributed by atoms with Gasteiger partial charge in [0.05, 0.1) is 23.3 Å². The van der Waals surface area contributed by atoms with E-state index in [0.717, 1.165) is 7.11 Å². The fourth-order valence-electron chi connectivity index (χ4n) is 3.81. The number of rotatable bonds is 6. The lowest BCUT2D eigenvalue weighted by molar-refractivity contribution is 0.0594. The van der Waals surface area contributed by atoms with Gasteiger partial charge in [0.25, 0.3) is 5.91 Å². The van der Waals surface area contributed by atoms with Crippen molar-refractivity contribution in [1.82, 2.24) is 9.21 Å². The van der Waals surface area contributed by atoms with Gasteiger partial charge in [-0.15, -0.1) is 0 Å². The number of hydrogen-bond acceptors (Lipinski definition) is 8. The summed E-state index contributed by atoms with van der Waals surface area (Å²) in [6, 6.07) is 5.98. The molecule has 33 heavy (non-hydrogen) atoms. The molecule has 3 rings (SSSR count). The molecule has 0 spiro atoms. The monoisotopic (exact) mass is 498 g/mol. The number of amides is 1. The van der Waals surface area contributed by atoms with Gasteiger partial charge in [0.1, 0.15) is 22.0 Å². The van der Waals surface area contributed by atoms with Crippen molar-refractivity contribution in [2.75, 3.05) is 39.0 Å². The number of sulfone groups is 1. The van der Waals surface area contributed by atoms with Crippen LogP contribution in [0.4, 0.5) is 0 Å². The molecule has 1 aromatic heterocycles. The molecule has 2 heterocycles.